The SMILES string of the molecule is CC(C)N(CCCO)C(=O)c1cc2c(s1)CCCCC2. The molecule has 0 aliphatic heterocycles. The van der Waals surface area contributed by atoms with Crippen molar-refractivity contribution in [2.24, 2.45) is 0 Å². The van der Waals surface area contributed by atoms with Crippen LogP contribution in [0.25, 0.3) is 0 Å². The predicted molar refractivity (Wildman–Crippen MR) is 83.5 cm³/mol. The number of hydrogen-bond acceptors (Lipinski definition) is 3. The van der Waals surface area contributed by atoms with Gasteiger partial charge in [0.15, 0.2) is 0 Å². The van der Waals surface area contributed by atoms with Crippen LogP contribution in [0.2, 0.25) is 0 Å². The van der Waals surface area contributed by atoms with Gasteiger partial charge in [0.25, 0.3) is 5.91 Å². The highest BCUT2D eigenvalue weighted by atomic mass is 32.1. The summed E-state index contributed by atoms with van der Waals surface area (Å²) in [5, 5.41) is 8.98. The van der Waals surface area contributed by atoms with Crippen LogP contribution in [0.1, 0.15) is 59.6 Å². The fraction of sp³-hybridized carbons (Fsp3) is 0.688. The maximum atomic E-state index is 12.7. The molecule has 3 nitrogen and oxygen atoms in total. The van der Waals surface area contributed by atoms with Crippen LogP contribution in [0.15, 0.2) is 6.07 Å². The summed E-state index contributed by atoms with van der Waals surface area (Å²) in [5.41, 5.74) is 1.39. The number of hydrogen-bond donors (Lipinski definition) is 1. The molecule has 0 spiro atoms. The third-order valence-corrected chi connectivity index (χ3v) is 5.12. The van der Waals surface area contributed by atoms with Crippen LogP contribution in [0.4, 0.5) is 0 Å². The molecular weight excluding hydrogens is 270 g/mol. The van der Waals surface area contributed by atoms with Gasteiger partial charge in [0, 0.05) is 24.1 Å². The summed E-state index contributed by atoms with van der Waals surface area (Å²) in [7, 11) is 0. The maximum Gasteiger partial charge on any atom is 0.264 e. The first-order valence-corrected chi connectivity index (χ1v) is 8.48. The topological polar surface area (TPSA) is 40.5 Å². The van der Waals surface area contributed by atoms with Crippen LogP contribution in [0.3, 0.4) is 0 Å². The number of rotatable bonds is 5. The van der Waals surface area contributed by atoms with Gasteiger partial charge in [-0.25, -0.2) is 0 Å². The summed E-state index contributed by atoms with van der Waals surface area (Å²) >= 11 is 1.68. The van der Waals surface area contributed by atoms with Gasteiger partial charge in [0.2, 0.25) is 0 Å². The van der Waals surface area contributed by atoms with E-state index >= 15 is 0 Å². The zero-order valence-electron chi connectivity index (χ0n) is 12.5. The van der Waals surface area contributed by atoms with E-state index in [1.807, 2.05) is 18.7 Å². The molecule has 0 radical (unpaired) electrons. The summed E-state index contributed by atoms with van der Waals surface area (Å²) in [6, 6.07) is 2.29. The molecule has 0 aromatic carbocycles. The zero-order chi connectivity index (χ0) is 14.5. The highest BCUT2D eigenvalue weighted by Crippen LogP contribution is 2.30. The van der Waals surface area contributed by atoms with Crippen molar-refractivity contribution < 1.29 is 9.90 Å². The molecule has 0 saturated heterocycles. The van der Waals surface area contributed by atoms with Gasteiger partial charge in [0.1, 0.15) is 0 Å². The molecule has 0 atom stereocenters. The van der Waals surface area contributed by atoms with E-state index in [2.05, 4.69) is 6.07 Å². The quantitative estimate of drug-likeness (QED) is 0.847. The first-order valence-electron chi connectivity index (χ1n) is 7.67. The highest BCUT2D eigenvalue weighted by molar-refractivity contribution is 7.14. The minimum atomic E-state index is 0.131. The number of amides is 1. The van der Waals surface area contributed by atoms with Crippen LogP contribution in [-0.4, -0.2) is 35.1 Å². The normalized spacial score (nSPS) is 15.0. The molecule has 0 unspecified atom stereocenters. The number of fused-ring (bicyclic) bond motifs is 1. The van der Waals surface area contributed by atoms with Crippen molar-refractivity contribution in [3.8, 4) is 0 Å². The maximum absolute atomic E-state index is 12.7. The van der Waals surface area contributed by atoms with E-state index in [1.165, 1.54) is 29.7 Å². The third-order valence-electron chi connectivity index (χ3n) is 3.90. The number of aliphatic hydroxyl groups excluding tert-OH is 1. The second kappa shape index (κ2) is 7.23. The van der Waals surface area contributed by atoms with E-state index in [0.29, 0.717) is 13.0 Å². The van der Waals surface area contributed by atoms with Gasteiger partial charge in [-0.3, -0.25) is 4.79 Å². The Kier molecular flexibility index (Phi) is 5.61. The number of carbonyl (C=O) groups is 1. The largest absolute Gasteiger partial charge is 0.396 e. The number of carbonyl (C=O) groups excluding carboxylic acids is 1. The predicted octanol–water partition coefficient (Wildman–Crippen LogP) is 3.25. The van der Waals surface area contributed by atoms with Gasteiger partial charge in [-0.1, -0.05) is 6.42 Å². The smallest absolute Gasteiger partial charge is 0.264 e. The van der Waals surface area contributed by atoms with Gasteiger partial charge < -0.3 is 10.0 Å². The van der Waals surface area contributed by atoms with E-state index in [0.717, 1.165) is 17.7 Å². The van der Waals surface area contributed by atoms with E-state index in [9.17, 15) is 4.79 Å². The van der Waals surface area contributed by atoms with Crippen LogP contribution < -0.4 is 0 Å². The molecule has 4 heteroatoms. The molecule has 1 aromatic rings. The van der Waals surface area contributed by atoms with Crippen LogP contribution >= 0.6 is 11.3 Å². The van der Waals surface area contributed by atoms with Crippen LogP contribution in [0, 0.1) is 0 Å². The van der Waals surface area contributed by atoms with E-state index < -0.39 is 0 Å². The second-order valence-electron chi connectivity index (χ2n) is 5.79. The minimum absolute atomic E-state index is 0.131. The van der Waals surface area contributed by atoms with Gasteiger partial charge >= 0.3 is 0 Å². The molecule has 1 aromatic heterocycles. The lowest BCUT2D eigenvalue weighted by molar-refractivity contribution is 0.0698. The summed E-state index contributed by atoms with van der Waals surface area (Å²) in [6.45, 7) is 4.84. The van der Waals surface area contributed by atoms with Gasteiger partial charge in [-0.15, -0.1) is 11.3 Å². The molecule has 1 amide bonds. The van der Waals surface area contributed by atoms with E-state index in [-0.39, 0.29) is 18.6 Å². The molecule has 1 heterocycles. The monoisotopic (exact) mass is 295 g/mol. The summed E-state index contributed by atoms with van der Waals surface area (Å²) in [6.07, 6.45) is 6.70. The lowest BCUT2D eigenvalue weighted by atomic mass is 10.1. The molecule has 1 N–H and O–H groups in total. The van der Waals surface area contributed by atoms with Crippen molar-refractivity contribution in [3.05, 3.63) is 21.4 Å². The van der Waals surface area contributed by atoms with Crippen LogP contribution in [0.5, 0.6) is 0 Å². The Morgan fingerprint density at radius 2 is 2.10 bits per heavy atom. The highest BCUT2D eigenvalue weighted by Gasteiger charge is 2.22. The molecule has 112 valence electrons. The van der Waals surface area contributed by atoms with Crippen molar-refractivity contribution >= 4 is 17.2 Å². The second-order valence-corrected chi connectivity index (χ2v) is 6.93. The molecule has 2 rings (SSSR count). The van der Waals surface area contributed by atoms with Gasteiger partial charge in [-0.05, 0) is 57.6 Å². The van der Waals surface area contributed by atoms with Crippen molar-refractivity contribution in [3.63, 3.8) is 0 Å². The van der Waals surface area contributed by atoms with Crippen molar-refractivity contribution in [2.75, 3.05) is 13.2 Å². The zero-order valence-corrected chi connectivity index (χ0v) is 13.3. The van der Waals surface area contributed by atoms with E-state index in [4.69, 9.17) is 5.11 Å². The Labute approximate surface area is 125 Å². The molecule has 0 bridgehead atoms. The molecule has 1 aliphatic rings. The number of nitrogens with zero attached hydrogens (tertiary/aromatic N) is 1. The molecule has 0 saturated carbocycles. The number of aliphatic hydroxyl groups is 1. The molecular formula is C16H25NO2S. The van der Waals surface area contributed by atoms with Crippen molar-refractivity contribution in [1.29, 1.82) is 0 Å². The fourth-order valence-corrected chi connectivity index (χ4v) is 3.96. The lowest BCUT2D eigenvalue weighted by Gasteiger charge is -2.26. The lowest BCUT2D eigenvalue weighted by Crippen LogP contribution is -2.37. The minimum Gasteiger partial charge on any atom is -0.396 e. The van der Waals surface area contributed by atoms with Crippen molar-refractivity contribution in [2.45, 2.75) is 58.4 Å². The Morgan fingerprint density at radius 1 is 1.35 bits per heavy atom. The Morgan fingerprint density at radius 3 is 2.80 bits per heavy atom. The fourth-order valence-electron chi connectivity index (χ4n) is 2.75. The first-order chi connectivity index (χ1) is 9.63. The van der Waals surface area contributed by atoms with E-state index in [1.54, 1.807) is 11.3 Å². The van der Waals surface area contributed by atoms with Crippen LogP contribution in [-0.2, 0) is 12.8 Å². The number of aryl methyl sites for hydroxylation is 2. The first kappa shape index (κ1) is 15.5. The Hall–Kier alpha value is -0.870. The van der Waals surface area contributed by atoms with Crippen molar-refractivity contribution in [1.82, 2.24) is 4.90 Å². The summed E-state index contributed by atoms with van der Waals surface area (Å²) in [4.78, 5) is 16.8. The number of thiophene rings is 1. The standard InChI is InChI=1S/C16H25NO2S/c1-12(2)17(9-6-10-18)16(19)15-11-13-7-4-3-5-8-14(13)20-15/h11-12,18H,3-10H2,1-2H3. The average molecular weight is 295 g/mol. The summed E-state index contributed by atoms with van der Waals surface area (Å²) in [5.74, 6) is 0.131. The Balaban J connectivity index is 2.14. The molecule has 20 heavy (non-hydrogen) atoms. The average Bonchev–Trinajstić information content (AvgIpc) is 2.70. The molecule has 1 aliphatic carbocycles. The van der Waals surface area contributed by atoms with Gasteiger partial charge in [-0.2, -0.15) is 0 Å². The molecule has 0 fully saturated rings. The third kappa shape index (κ3) is 3.61. The van der Waals surface area contributed by atoms with Gasteiger partial charge in [0.05, 0.1) is 4.88 Å². The summed E-state index contributed by atoms with van der Waals surface area (Å²) < 4.78 is 0. The Bertz CT molecular complexity index is 430.